The molecule has 2 rings (SSSR count). The number of benzene rings is 2. The van der Waals surface area contributed by atoms with Gasteiger partial charge in [-0.2, -0.15) is 0 Å². The summed E-state index contributed by atoms with van der Waals surface area (Å²) in [7, 11) is 0. The van der Waals surface area contributed by atoms with Crippen molar-refractivity contribution < 1.29 is 9.13 Å². The molecule has 22 heavy (non-hydrogen) atoms. The molecule has 0 bridgehead atoms. The first-order chi connectivity index (χ1) is 10.5. The monoisotopic (exact) mass is 301 g/mol. The van der Waals surface area contributed by atoms with E-state index in [0.29, 0.717) is 19.6 Å². The third kappa shape index (κ3) is 3.86. The highest BCUT2D eigenvalue weighted by Crippen LogP contribution is 2.32. The highest BCUT2D eigenvalue weighted by Gasteiger charge is 2.17. The van der Waals surface area contributed by atoms with E-state index in [1.54, 1.807) is 12.1 Å². The van der Waals surface area contributed by atoms with E-state index in [9.17, 15) is 4.39 Å². The number of ether oxygens (including phenoxy) is 1. The molecule has 0 saturated heterocycles. The molecule has 1 atom stereocenters. The van der Waals surface area contributed by atoms with Crippen molar-refractivity contribution >= 4 is 0 Å². The van der Waals surface area contributed by atoms with E-state index in [4.69, 9.17) is 10.5 Å². The molecule has 0 amide bonds. The van der Waals surface area contributed by atoms with Gasteiger partial charge >= 0.3 is 0 Å². The number of nitrogens with two attached hydrogens (primary N) is 1. The number of halogens is 1. The Kier molecular flexibility index (Phi) is 5.56. The lowest BCUT2D eigenvalue weighted by Gasteiger charge is -2.21. The third-order valence-electron chi connectivity index (χ3n) is 4.02. The number of aryl methyl sites for hydroxylation is 2. The maximum absolute atomic E-state index is 13.4. The molecule has 0 fully saturated rings. The molecule has 2 aromatic carbocycles. The molecule has 1 unspecified atom stereocenters. The Morgan fingerprint density at radius 1 is 1.14 bits per heavy atom. The standard InChI is InChI=1S/C19H24FNO/c1-4-22-19-9-14(3)13(2)8-18(19)16(12-21)10-15-6-5-7-17(20)11-15/h5-9,11,16H,4,10,12,21H2,1-3H3. The first kappa shape index (κ1) is 16.5. The summed E-state index contributed by atoms with van der Waals surface area (Å²) in [5, 5.41) is 0. The zero-order valence-corrected chi connectivity index (χ0v) is 13.5. The van der Waals surface area contributed by atoms with Gasteiger partial charge in [0.1, 0.15) is 11.6 Å². The van der Waals surface area contributed by atoms with E-state index in [0.717, 1.165) is 16.9 Å². The lowest BCUT2D eigenvalue weighted by molar-refractivity contribution is 0.333. The fraction of sp³-hybridized carbons (Fsp3) is 0.368. The van der Waals surface area contributed by atoms with Crippen LogP contribution in [0.15, 0.2) is 36.4 Å². The molecule has 0 saturated carbocycles. The fourth-order valence-corrected chi connectivity index (χ4v) is 2.68. The van der Waals surface area contributed by atoms with Crippen molar-refractivity contribution in [1.29, 1.82) is 0 Å². The van der Waals surface area contributed by atoms with Crippen LogP contribution >= 0.6 is 0 Å². The van der Waals surface area contributed by atoms with E-state index in [2.05, 4.69) is 26.0 Å². The molecule has 118 valence electrons. The van der Waals surface area contributed by atoms with E-state index in [1.165, 1.54) is 17.2 Å². The quantitative estimate of drug-likeness (QED) is 0.871. The molecule has 0 spiro atoms. The van der Waals surface area contributed by atoms with Gasteiger partial charge in [-0.1, -0.05) is 18.2 Å². The van der Waals surface area contributed by atoms with Crippen molar-refractivity contribution in [2.24, 2.45) is 5.73 Å². The van der Waals surface area contributed by atoms with Crippen LogP contribution in [0.3, 0.4) is 0 Å². The molecular weight excluding hydrogens is 277 g/mol. The summed E-state index contributed by atoms with van der Waals surface area (Å²) in [6.45, 7) is 7.25. The van der Waals surface area contributed by atoms with Gasteiger partial charge in [0.15, 0.2) is 0 Å². The summed E-state index contributed by atoms with van der Waals surface area (Å²) >= 11 is 0. The Hall–Kier alpha value is -1.87. The van der Waals surface area contributed by atoms with Gasteiger partial charge in [-0.25, -0.2) is 4.39 Å². The molecule has 0 aliphatic carbocycles. The van der Waals surface area contributed by atoms with E-state index in [-0.39, 0.29) is 11.7 Å². The predicted molar refractivity (Wildman–Crippen MR) is 89.0 cm³/mol. The second kappa shape index (κ2) is 7.41. The predicted octanol–water partition coefficient (Wildman–Crippen LogP) is 4.13. The molecule has 3 heteroatoms. The van der Waals surface area contributed by atoms with Crippen molar-refractivity contribution in [3.05, 3.63) is 64.5 Å². The Labute approximate surface area is 132 Å². The van der Waals surface area contributed by atoms with Crippen LogP contribution in [0.1, 0.15) is 35.1 Å². The van der Waals surface area contributed by atoms with Crippen LogP contribution in [-0.2, 0) is 6.42 Å². The van der Waals surface area contributed by atoms with Crippen molar-refractivity contribution in [3.8, 4) is 5.75 Å². The fourth-order valence-electron chi connectivity index (χ4n) is 2.68. The van der Waals surface area contributed by atoms with Crippen LogP contribution in [-0.4, -0.2) is 13.2 Å². The zero-order valence-electron chi connectivity index (χ0n) is 13.5. The first-order valence-corrected chi connectivity index (χ1v) is 7.73. The van der Waals surface area contributed by atoms with Crippen LogP contribution in [0.4, 0.5) is 4.39 Å². The summed E-state index contributed by atoms with van der Waals surface area (Å²) in [6.07, 6.45) is 0.705. The molecule has 0 aromatic heterocycles. The lowest BCUT2D eigenvalue weighted by Crippen LogP contribution is -2.17. The van der Waals surface area contributed by atoms with Crippen LogP contribution in [0.2, 0.25) is 0 Å². The average Bonchev–Trinajstić information content (AvgIpc) is 2.49. The summed E-state index contributed by atoms with van der Waals surface area (Å²) in [5.74, 6) is 0.790. The molecule has 0 radical (unpaired) electrons. The first-order valence-electron chi connectivity index (χ1n) is 7.73. The van der Waals surface area contributed by atoms with Crippen LogP contribution in [0.5, 0.6) is 5.75 Å². The second-order valence-electron chi connectivity index (χ2n) is 5.67. The van der Waals surface area contributed by atoms with Gasteiger partial charge in [0.25, 0.3) is 0 Å². The number of hydrogen-bond acceptors (Lipinski definition) is 2. The molecule has 0 aliphatic heterocycles. The van der Waals surface area contributed by atoms with E-state index < -0.39 is 0 Å². The highest BCUT2D eigenvalue weighted by atomic mass is 19.1. The molecular formula is C19H24FNO. The summed E-state index contributed by atoms with van der Waals surface area (Å²) in [5.41, 5.74) is 10.5. The van der Waals surface area contributed by atoms with E-state index in [1.807, 2.05) is 13.0 Å². The van der Waals surface area contributed by atoms with Gasteiger partial charge < -0.3 is 10.5 Å². The lowest BCUT2D eigenvalue weighted by atomic mass is 9.89. The number of rotatable bonds is 6. The van der Waals surface area contributed by atoms with E-state index >= 15 is 0 Å². The van der Waals surface area contributed by atoms with Gasteiger partial charge in [-0.3, -0.25) is 0 Å². The van der Waals surface area contributed by atoms with Crippen molar-refractivity contribution in [1.82, 2.24) is 0 Å². The van der Waals surface area contributed by atoms with Crippen LogP contribution in [0, 0.1) is 19.7 Å². The minimum Gasteiger partial charge on any atom is -0.494 e. The van der Waals surface area contributed by atoms with Crippen molar-refractivity contribution in [2.75, 3.05) is 13.2 Å². The van der Waals surface area contributed by atoms with Gasteiger partial charge in [-0.05, 0) is 74.2 Å². The topological polar surface area (TPSA) is 35.2 Å². The average molecular weight is 301 g/mol. The Bertz CT molecular complexity index is 639. The van der Waals surface area contributed by atoms with Crippen LogP contribution < -0.4 is 10.5 Å². The summed E-state index contributed by atoms with van der Waals surface area (Å²) < 4.78 is 19.2. The smallest absolute Gasteiger partial charge is 0.123 e. The normalized spacial score (nSPS) is 12.2. The SMILES string of the molecule is CCOc1cc(C)c(C)cc1C(CN)Cc1cccc(F)c1. The number of hydrogen-bond donors (Lipinski definition) is 1. The maximum Gasteiger partial charge on any atom is 0.123 e. The van der Waals surface area contributed by atoms with Gasteiger partial charge in [0, 0.05) is 5.92 Å². The second-order valence-corrected chi connectivity index (χ2v) is 5.67. The molecule has 2 N–H and O–H groups in total. The van der Waals surface area contributed by atoms with Gasteiger partial charge in [0.05, 0.1) is 6.61 Å². The molecule has 2 aromatic rings. The summed E-state index contributed by atoms with van der Waals surface area (Å²) in [4.78, 5) is 0. The minimum atomic E-state index is -0.210. The van der Waals surface area contributed by atoms with Gasteiger partial charge in [-0.15, -0.1) is 0 Å². The zero-order chi connectivity index (χ0) is 16.1. The van der Waals surface area contributed by atoms with Crippen molar-refractivity contribution in [3.63, 3.8) is 0 Å². The van der Waals surface area contributed by atoms with Crippen molar-refractivity contribution in [2.45, 2.75) is 33.1 Å². The minimum absolute atomic E-state index is 0.114. The Morgan fingerprint density at radius 3 is 2.50 bits per heavy atom. The molecule has 0 aliphatic rings. The largest absolute Gasteiger partial charge is 0.494 e. The summed E-state index contributed by atoms with van der Waals surface area (Å²) in [6, 6.07) is 10.9. The van der Waals surface area contributed by atoms with Gasteiger partial charge in [0.2, 0.25) is 0 Å². The molecule has 0 heterocycles. The highest BCUT2D eigenvalue weighted by molar-refractivity contribution is 5.44. The molecule has 2 nitrogen and oxygen atoms in total. The maximum atomic E-state index is 13.4. The Balaban J connectivity index is 2.35. The van der Waals surface area contributed by atoms with Crippen LogP contribution in [0.25, 0.3) is 0 Å². The third-order valence-corrected chi connectivity index (χ3v) is 4.02. The Morgan fingerprint density at radius 2 is 1.86 bits per heavy atom.